The maximum absolute atomic E-state index is 12.1. The molecule has 2 unspecified atom stereocenters. The zero-order valence-corrected chi connectivity index (χ0v) is 12.3. The summed E-state index contributed by atoms with van der Waals surface area (Å²) in [5.74, 6) is 1.76. The lowest BCUT2D eigenvalue weighted by Crippen LogP contribution is -2.55. The lowest BCUT2D eigenvalue weighted by Gasteiger charge is -2.30. The largest absolute Gasteiger partial charge is 0.375 e. The molecule has 0 aromatic heterocycles. The maximum Gasteiger partial charge on any atom is 0.239 e. The van der Waals surface area contributed by atoms with Gasteiger partial charge in [0.25, 0.3) is 0 Å². The van der Waals surface area contributed by atoms with Crippen LogP contribution in [0.4, 0.5) is 0 Å². The molecule has 1 amide bonds. The van der Waals surface area contributed by atoms with Crippen LogP contribution in [0, 0.1) is 11.8 Å². The van der Waals surface area contributed by atoms with E-state index in [2.05, 4.69) is 17.6 Å². The molecule has 0 spiro atoms. The molecule has 2 fully saturated rings. The first kappa shape index (κ1) is 14.8. The Hall–Kier alpha value is -0.610. The van der Waals surface area contributed by atoms with Crippen LogP contribution in [-0.4, -0.2) is 37.7 Å². The van der Waals surface area contributed by atoms with Crippen molar-refractivity contribution in [2.75, 3.05) is 19.7 Å². The Morgan fingerprint density at radius 2 is 2.21 bits per heavy atom. The predicted octanol–water partition coefficient (Wildman–Crippen LogP) is 1.70. The first-order valence-electron chi connectivity index (χ1n) is 7.79. The van der Waals surface area contributed by atoms with Crippen molar-refractivity contribution in [3.63, 3.8) is 0 Å². The van der Waals surface area contributed by atoms with E-state index in [9.17, 15) is 4.79 Å². The van der Waals surface area contributed by atoms with Crippen molar-refractivity contribution in [2.24, 2.45) is 11.8 Å². The van der Waals surface area contributed by atoms with Crippen LogP contribution in [0.1, 0.15) is 46.0 Å². The minimum absolute atomic E-state index is 0.0246. The van der Waals surface area contributed by atoms with Gasteiger partial charge in [-0.25, -0.2) is 0 Å². The number of morpholine rings is 1. The van der Waals surface area contributed by atoms with E-state index in [1.165, 1.54) is 25.7 Å². The zero-order chi connectivity index (χ0) is 13.7. The summed E-state index contributed by atoms with van der Waals surface area (Å²) in [5.41, 5.74) is 0. The number of nitrogens with one attached hydrogen (secondary N) is 2. The summed E-state index contributed by atoms with van der Waals surface area (Å²) in [6.07, 6.45) is 6.50. The van der Waals surface area contributed by atoms with Crippen molar-refractivity contribution in [3.8, 4) is 0 Å². The standard InChI is InChI=1S/C15H28N2O2/c1-11-4-3-5-13(10-11)6-7-17-15(18)14-12(2)19-9-8-16-14/h11-14,16H,3-10H2,1-2H3,(H,17,18)/t11?,12-,13?,14+/m1/s1. The highest BCUT2D eigenvalue weighted by Gasteiger charge is 2.28. The van der Waals surface area contributed by atoms with Gasteiger partial charge in [0.2, 0.25) is 5.91 Å². The Labute approximate surface area is 116 Å². The molecule has 1 aliphatic carbocycles. The van der Waals surface area contributed by atoms with Gasteiger partial charge in [0.15, 0.2) is 0 Å². The van der Waals surface area contributed by atoms with E-state index in [0.29, 0.717) is 6.61 Å². The van der Waals surface area contributed by atoms with Crippen LogP contribution in [0.5, 0.6) is 0 Å². The van der Waals surface area contributed by atoms with Gasteiger partial charge in [0.1, 0.15) is 6.04 Å². The number of hydrogen-bond donors (Lipinski definition) is 2. The third kappa shape index (κ3) is 4.46. The molecule has 1 saturated carbocycles. The summed E-state index contributed by atoms with van der Waals surface area (Å²) in [7, 11) is 0. The van der Waals surface area contributed by atoms with E-state index in [4.69, 9.17) is 4.74 Å². The fourth-order valence-electron chi connectivity index (χ4n) is 3.36. The predicted molar refractivity (Wildman–Crippen MR) is 76.0 cm³/mol. The van der Waals surface area contributed by atoms with E-state index in [0.717, 1.165) is 31.3 Å². The van der Waals surface area contributed by atoms with Gasteiger partial charge in [0.05, 0.1) is 12.7 Å². The summed E-state index contributed by atoms with van der Waals surface area (Å²) in [4.78, 5) is 12.1. The monoisotopic (exact) mass is 268 g/mol. The zero-order valence-electron chi connectivity index (χ0n) is 12.3. The molecule has 4 heteroatoms. The van der Waals surface area contributed by atoms with E-state index >= 15 is 0 Å². The van der Waals surface area contributed by atoms with Crippen molar-refractivity contribution in [3.05, 3.63) is 0 Å². The van der Waals surface area contributed by atoms with Crippen LogP contribution >= 0.6 is 0 Å². The maximum atomic E-state index is 12.1. The van der Waals surface area contributed by atoms with E-state index in [1.807, 2.05) is 6.92 Å². The van der Waals surface area contributed by atoms with Gasteiger partial charge in [-0.05, 0) is 31.6 Å². The molecule has 1 aliphatic heterocycles. The molecular formula is C15H28N2O2. The minimum Gasteiger partial charge on any atom is -0.375 e. The topological polar surface area (TPSA) is 50.4 Å². The first-order chi connectivity index (χ1) is 9.16. The average molecular weight is 268 g/mol. The van der Waals surface area contributed by atoms with Gasteiger partial charge in [-0.2, -0.15) is 0 Å². The van der Waals surface area contributed by atoms with Gasteiger partial charge in [0, 0.05) is 13.1 Å². The van der Waals surface area contributed by atoms with Gasteiger partial charge in [-0.15, -0.1) is 0 Å². The molecule has 2 N–H and O–H groups in total. The highest BCUT2D eigenvalue weighted by atomic mass is 16.5. The van der Waals surface area contributed by atoms with Crippen LogP contribution in [-0.2, 0) is 9.53 Å². The molecule has 4 nitrogen and oxygen atoms in total. The summed E-state index contributed by atoms with van der Waals surface area (Å²) in [5, 5.41) is 6.29. The fraction of sp³-hybridized carbons (Fsp3) is 0.933. The van der Waals surface area contributed by atoms with Crippen LogP contribution in [0.25, 0.3) is 0 Å². The second kappa shape index (κ2) is 7.25. The molecule has 0 radical (unpaired) electrons. The summed E-state index contributed by atoms with van der Waals surface area (Å²) in [6, 6.07) is -0.181. The normalized spacial score (nSPS) is 35.9. The molecule has 2 aliphatic rings. The second-order valence-corrected chi connectivity index (χ2v) is 6.23. The number of rotatable bonds is 4. The summed E-state index contributed by atoms with van der Waals surface area (Å²) in [6.45, 7) is 6.57. The van der Waals surface area contributed by atoms with E-state index in [-0.39, 0.29) is 18.1 Å². The van der Waals surface area contributed by atoms with Crippen molar-refractivity contribution in [1.82, 2.24) is 10.6 Å². The molecule has 19 heavy (non-hydrogen) atoms. The smallest absolute Gasteiger partial charge is 0.239 e. The molecular weight excluding hydrogens is 240 g/mol. The van der Waals surface area contributed by atoms with Crippen molar-refractivity contribution in [1.29, 1.82) is 0 Å². The molecule has 1 heterocycles. The quantitative estimate of drug-likeness (QED) is 0.816. The fourth-order valence-corrected chi connectivity index (χ4v) is 3.36. The Kier molecular flexibility index (Phi) is 5.64. The first-order valence-corrected chi connectivity index (χ1v) is 7.79. The van der Waals surface area contributed by atoms with Gasteiger partial charge in [-0.1, -0.05) is 26.2 Å². The molecule has 110 valence electrons. The Morgan fingerprint density at radius 3 is 2.95 bits per heavy atom. The lowest BCUT2D eigenvalue weighted by molar-refractivity contribution is -0.128. The number of ether oxygens (including phenoxy) is 1. The summed E-state index contributed by atoms with van der Waals surface area (Å²) < 4.78 is 5.50. The molecule has 4 atom stereocenters. The Balaban J connectivity index is 1.65. The van der Waals surface area contributed by atoms with E-state index in [1.54, 1.807) is 0 Å². The van der Waals surface area contributed by atoms with Crippen molar-refractivity contribution < 1.29 is 9.53 Å². The second-order valence-electron chi connectivity index (χ2n) is 6.23. The molecule has 0 bridgehead atoms. The molecule has 0 aromatic rings. The third-order valence-electron chi connectivity index (χ3n) is 4.50. The van der Waals surface area contributed by atoms with Gasteiger partial charge >= 0.3 is 0 Å². The van der Waals surface area contributed by atoms with Gasteiger partial charge < -0.3 is 15.4 Å². The van der Waals surface area contributed by atoms with Crippen molar-refractivity contribution in [2.45, 2.75) is 58.1 Å². The Bertz CT molecular complexity index is 296. The Morgan fingerprint density at radius 1 is 1.37 bits per heavy atom. The number of carbonyl (C=O) groups excluding carboxylic acids is 1. The lowest BCUT2D eigenvalue weighted by atomic mass is 9.81. The highest BCUT2D eigenvalue weighted by molar-refractivity contribution is 5.82. The number of hydrogen-bond acceptors (Lipinski definition) is 3. The molecule has 2 rings (SSSR count). The minimum atomic E-state index is -0.181. The number of carbonyl (C=O) groups is 1. The van der Waals surface area contributed by atoms with Crippen LogP contribution in [0.3, 0.4) is 0 Å². The molecule has 1 saturated heterocycles. The highest BCUT2D eigenvalue weighted by Crippen LogP contribution is 2.30. The SMILES string of the molecule is CC1CCCC(CCNC(=O)[C@H]2NCCO[C@@H]2C)C1. The van der Waals surface area contributed by atoms with Crippen LogP contribution < -0.4 is 10.6 Å². The molecule has 0 aromatic carbocycles. The van der Waals surface area contributed by atoms with E-state index < -0.39 is 0 Å². The number of amides is 1. The third-order valence-corrected chi connectivity index (χ3v) is 4.50. The van der Waals surface area contributed by atoms with Crippen molar-refractivity contribution >= 4 is 5.91 Å². The average Bonchev–Trinajstić information content (AvgIpc) is 2.39. The van der Waals surface area contributed by atoms with Crippen LogP contribution in [0.15, 0.2) is 0 Å². The summed E-state index contributed by atoms with van der Waals surface area (Å²) >= 11 is 0. The van der Waals surface area contributed by atoms with Gasteiger partial charge in [-0.3, -0.25) is 4.79 Å². The van der Waals surface area contributed by atoms with Crippen LogP contribution in [0.2, 0.25) is 0 Å².